The summed E-state index contributed by atoms with van der Waals surface area (Å²) in [5.41, 5.74) is 1.29. The Morgan fingerprint density at radius 2 is 2.00 bits per heavy atom. The summed E-state index contributed by atoms with van der Waals surface area (Å²) in [6.45, 7) is 8.25. The molecular formula is C15H25NO. The Labute approximate surface area is 105 Å². The Morgan fingerprint density at radius 1 is 1.24 bits per heavy atom. The van der Waals surface area contributed by atoms with Crippen molar-refractivity contribution in [2.24, 2.45) is 0 Å². The van der Waals surface area contributed by atoms with Crippen molar-refractivity contribution in [3.05, 3.63) is 29.8 Å². The van der Waals surface area contributed by atoms with Crippen molar-refractivity contribution in [3.63, 3.8) is 0 Å². The Hall–Kier alpha value is -1.02. The van der Waals surface area contributed by atoms with Gasteiger partial charge in [-0.3, -0.25) is 0 Å². The van der Waals surface area contributed by atoms with Gasteiger partial charge in [0.05, 0.1) is 0 Å². The second-order valence-electron chi connectivity index (χ2n) is 4.45. The molecule has 1 aromatic rings. The number of hydrogen-bond donors (Lipinski definition) is 1. The van der Waals surface area contributed by atoms with Crippen molar-refractivity contribution in [1.82, 2.24) is 5.32 Å². The predicted octanol–water partition coefficient (Wildman–Crippen LogP) is 3.41. The molecule has 0 aliphatic carbocycles. The molecule has 0 heterocycles. The highest BCUT2D eigenvalue weighted by Gasteiger charge is 2.01. The van der Waals surface area contributed by atoms with Gasteiger partial charge in [0.2, 0.25) is 0 Å². The third-order valence-electron chi connectivity index (χ3n) is 2.93. The second kappa shape index (κ2) is 8.13. The third kappa shape index (κ3) is 5.22. The maximum Gasteiger partial charge on any atom is 0.122 e. The van der Waals surface area contributed by atoms with Gasteiger partial charge in [0.15, 0.2) is 0 Å². The summed E-state index contributed by atoms with van der Waals surface area (Å²) in [5, 5.41) is 3.47. The molecule has 1 unspecified atom stereocenters. The first-order valence-corrected chi connectivity index (χ1v) is 6.72. The fraction of sp³-hybridized carbons (Fsp3) is 0.600. The number of benzene rings is 1. The molecule has 0 aromatic heterocycles. The predicted molar refractivity (Wildman–Crippen MR) is 73.7 cm³/mol. The molecule has 0 amide bonds. The van der Waals surface area contributed by atoms with E-state index in [9.17, 15) is 0 Å². The summed E-state index contributed by atoms with van der Waals surface area (Å²) in [7, 11) is 0. The average Bonchev–Trinajstić information content (AvgIpc) is 2.35. The van der Waals surface area contributed by atoms with Crippen LogP contribution in [0.25, 0.3) is 0 Å². The zero-order chi connectivity index (χ0) is 12.5. The van der Waals surface area contributed by atoms with E-state index in [2.05, 4.69) is 38.2 Å². The van der Waals surface area contributed by atoms with Gasteiger partial charge in [-0.2, -0.15) is 0 Å². The van der Waals surface area contributed by atoms with Crippen LogP contribution < -0.4 is 10.1 Å². The molecule has 0 saturated heterocycles. The van der Waals surface area contributed by atoms with Crippen LogP contribution in [0.5, 0.6) is 5.75 Å². The van der Waals surface area contributed by atoms with E-state index in [1.165, 1.54) is 18.4 Å². The molecule has 0 fully saturated rings. The van der Waals surface area contributed by atoms with Crippen molar-refractivity contribution >= 4 is 0 Å². The molecule has 96 valence electrons. The van der Waals surface area contributed by atoms with Crippen molar-refractivity contribution in [2.45, 2.75) is 46.1 Å². The Balaban J connectivity index is 2.26. The lowest BCUT2D eigenvalue weighted by molar-refractivity contribution is 0.302. The molecule has 0 saturated carbocycles. The van der Waals surface area contributed by atoms with Crippen LogP contribution >= 0.6 is 0 Å². The van der Waals surface area contributed by atoms with E-state index >= 15 is 0 Å². The van der Waals surface area contributed by atoms with E-state index < -0.39 is 0 Å². The van der Waals surface area contributed by atoms with Crippen LogP contribution in [0.2, 0.25) is 0 Å². The molecule has 1 N–H and O–H groups in total. The van der Waals surface area contributed by atoms with Gasteiger partial charge in [0.1, 0.15) is 12.4 Å². The highest BCUT2D eigenvalue weighted by Crippen LogP contribution is 2.17. The van der Waals surface area contributed by atoms with Gasteiger partial charge in [-0.25, -0.2) is 0 Å². The molecule has 2 heteroatoms. The molecule has 1 rings (SSSR count). The van der Waals surface area contributed by atoms with Crippen LogP contribution in [0.4, 0.5) is 0 Å². The number of ether oxygens (including phenoxy) is 1. The number of rotatable bonds is 8. The lowest BCUT2D eigenvalue weighted by atomic mass is 10.1. The quantitative estimate of drug-likeness (QED) is 0.697. The number of nitrogens with one attached hydrogen (secondary N) is 1. The average molecular weight is 235 g/mol. The normalized spacial score (nSPS) is 12.4. The standard InChI is InChI=1S/C15H25NO/c1-4-8-13(3)16-11-12-17-15-10-7-6-9-14(15)5-2/h6-7,9-10,13,16H,4-5,8,11-12H2,1-3H3. The Morgan fingerprint density at radius 3 is 2.71 bits per heavy atom. The molecule has 2 nitrogen and oxygen atoms in total. The molecule has 17 heavy (non-hydrogen) atoms. The van der Waals surface area contributed by atoms with Gasteiger partial charge in [-0.05, 0) is 31.4 Å². The maximum absolute atomic E-state index is 5.79. The molecule has 0 radical (unpaired) electrons. The number of hydrogen-bond acceptors (Lipinski definition) is 2. The summed E-state index contributed by atoms with van der Waals surface area (Å²) in [5.74, 6) is 1.03. The van der Waals surface area contributed by atoms with E-state index in [1.54, 1.807) is 0 Å². The highest BCUT2D eigenvalue weighted by atomic mass is 16.5. The topological polar surface area (TPSA) is 21.3 Å². The fourth-order valence-corrected chi connectivity index (χ4v) is 1.94. The monoisotopic (exact) mass is 235 g/mol. The number of para-hydroxylation sites is 1. The van der Waals surface area contributed by atoms with E-state index in [0.29, 0.717) is 6.04 Å². The summed E-state index contributed by atoms with van der Waals surface area (Å²) in [6, 6.07) is 8.86. The maximum atomic E-state index is 5.79. The van der Waals surface area contributed by atoms with Crippen LogP contribution in [0.1, 0.15) is 39.2 Å². The van der Waals surface area contributed by atoms with Gasteiger partial charge in [-0.1, -0.05) is 38.5 Å². The zero-order valence-electron chi connectivity index (χ0n) is 11.3. The summed E-state index contributed by atoms with van der Waals surface area (Å²) in [6.07, 6.45) is 3.48. The Bertz CT molecular complexity index is 312. The first kappa shape index (κ1) is 14.0. The lowest BCUT2D eigenvalue weighted by Crippen LogP contribution is -2.30. The highest BCUT2D eigenvalue weighted by molar-refractivity contribution is 5.33. The molecule has 0 aliphatic heterocycles. The fourth-order valence-electron chi connectivity index (χ4n) is 1.94. The van der Waals surface area contributed by atoms with Gasteiger partial charge in [0.25, 0.3) is 0 Å². The van der Waals surface area contributed by atoms with Crippen molar-refractivity contribution in [2.75, 3.05) is 13.2 Å². The summed E-state index contributed by atoms with van der Waals surface area (Å²) >= 11 is 0. The lowest BCUT2D eigenvalue weighted by Gasteiger charge is -2.14. The molecule has 1 atom stereocenters. The van der Waals surface area contributed by atoms with Crippen LogP contribution in [0.15, 0.2) is 24.3 Å². The van der Waals surface area contributed by atoms with Gasteiger partial charge in [-0.15, -0.1) is 0 Å². The minimum atomic E-state index is 0.588. The largest absolute Gasteiger partial charge is 0.492 e. The van der Waals surface area contributed by atoms with Crippen LogP contribution in [0.3, 0.4) is 0 Å². The first-order valence-electron chi connectivity index (χ1n) is 6.72. The van der Waals surface area contributed by atoms with Gasteiger partial charge >= 0.3 is 0 Å². The minimum Gasteiger partial charge on any atom is -0.492 e. The molecular weight excluding hydrogens is 210 g/mol. The molecule has 0 bridgehead atoms. The minimum absolute atomic E-state index is 0.588. The van der Waals surface area contributed by atoms with Crippen LogP contribution in [-0.4, -0.2) is 19.2 Å². The first-order chi connectivity index (χ1) is 8.27. The SMILES string of the molecule is CCCC(C)NCCOc1ccccc1CC. The van der Waals surface area contributed by atoms with Crippen LogP contribution in [-0.2, 0) is 6.42 Å². The second-order valence-corrected chi connectivity index (χ2v) is 4.45. The molecule has 1 aromatic carbocycles. The number of aryl methyl sites for hydroxylation is 1. The van der Waals surface area contributed by atoms with Crippen molar-refractivity contribution < 1.29 is 4.74 Å². The summed E-state index contributed by atoms with van der Waals surface area (Å²) < 4.78 is 5.79. The van der Waals surface area contributed by atoms with Gasteiger partial charge in [0, 0.05) is 12.6 Å². The van der Waals surface area contributed by atoms with E-state index in [0.717, 1.165) is 25.3 Å². The molecule has 0 spiro atoms. The molecule has 0 aliphatic rings. The Kier molecular flexibility index (Phi) is 6.71. The van der Waals surface area contributed by atoms with Crippen molar-refractivity contribution in [1.29, 1.82) is 0 Å². The summed E-state index contributed by atoms with van der Waals surface area (Å²) in [4.78, 5) is 0. The van der Waals surface area contributed by atoms with Crippen LogP contribution in [0, 0.1) is 0 Å². The smallest absolute Gasteiger partial charge is 0.122 e. The third-order valence-corrected chi connectivity index (χ3v) is 2.93. The van der Waals surface area contributed by atoms with E-state index in [4.69, 9.17) is 4.74 Å². The van der Waals surface area contributed by atoms with E-state index in [-0.39, 0.29) is 0 Å². The van der Waals surface area contributed by atoms with E-state index in [1.807, 2.05) is 12.1 Å². The zero-order valence-corrected chi connectivity index (χ0v) is 11.3. The van der Waals surface area contributed by atoms with Crippen molar-refractivity contribution in [3.8, 4) is 5.75 Å². The van der Waals surface area contributed by atoms with Gasteiger partial charge < -0.3 is 10.1 Å².